The van der Waals surface area contributed by atoms with Gasteiger partial charge in [0.2, 0.25) is 0 Å². The van der Waals surface area contributed by atoms with Gasteiger partial charge >= 0.3 is 0 Å². The number of hydrogen-bond acceptors (Lipinski definition) is 4. The van der Waals surface area contributed by atoms with Crippen molar-refractivity contribution in [1.82, 2.24) is 6.15 Å². The topological polar surface area (TPSA) is 118 Å². The largest absolute Gasteiger partial charge is 0.790 e. The summed E-state index contributed by atoms with van der Waals surface area (Å²) >= 11 is 0. The molecule has 0 aromatic carbocycles. The predicted molar refractivity (Wildman–Crippen MR) is 14.8 cm³/mol. The van der Waals surface area contributed by atoms with E-state index in [1.54, 1.807) is 0 Å². The molecule has 7 heavy (non-hydrogen) atoms. The van der Waals surface area contributed by atoms with E-state index in [9.17, 15) is 0 Å². The Labute approximate surface area is 56.1 Å². The molecule has 0 aliphatic carbocycles. The van der Waals surface area contributed by atoms with Crippen LogP contribution in [0, 0.1) is 0 Å². The van der Waals surface area contributed by atoms with Crippen LogP contribution in [-0.2, 0) is 26.9 Å². The molecule has 7 heteroatoms. The normalized spacial score (nSPS) is 8.43. The van der Waals surface area contributed by atoms with E-state index in [2.05, 4.69) is 0 Å². The molecular formula is H4AgNO4P-2. The summed E-state index contributed by atoms with van der Waals surface area (Å²) in [6, 6.07) is 0. The zero-order valence-corrected chi connectivity index (χ0v) is 5.50. The van der Waals surface area contributed by atoms with Gasteiger partial charge in [0.1, 0.15) is 0 Å². The Balaban J connectivity index is -0.0000000800. The molecule has 5 nitrogen and oxygen atoms in total. The van der Waals surface area contributed by atoms with Crippen molar-refractivity contribution in [2.45, 2.75) is 0 Å². The number of rotatable bonds is 0. The third kappa shape index (κ3) is 240. The summed E-state index contributed by atoms with van der Waals surface area (Å²) < 4.78 is 8.66. The minimum Gasteiger partial charge on any atom is -0.790 e. The monoisotopic (exact) mass is 220 g/mol. The number of phosphoric acid groups is 1. The smallest absolute Gasteiger partial charge is 0.0557 e. The molecule has 1 radical (unpaired) electrons. The maximum absolute atomic E-state index is 8.66. The van der Waals surface area contributed by atoms with Gasteiger partial charge in [-0.1, -0.05) is 0 Å². The van der Waals surface area contributed by atoms with Crippen LogP contribution in [0.2, 0.25) is 0 Å². The molecule has 0 unspecified atom stereocenters. The van der Waals surface area contributed by atoms with E-state index in [1.807, 2.05) is 0 Å². The van der Waals surface area contributed by atoms with Crippen molar-refractivity contribution in [3.8, 4) is 0 Å². The van der Waals surface area contributed by atoms with Crippen molar-refractivity contribution < 1.29 is 41.6 Å². The summed E-state index contributed by atoms with van der Waals surface area (Å²) in [6.07, 6.45) is 0. The van der Waals surface area contributed by atoms with Gasteiger partial charge < -0.3 is 25.4 Å². The summed E-state index contributed by atoms with van der Waals surface area (Å²) in [5.41, 5.74) is 0. The molecule has 0 aliphatic heterocycles. The molecule has 0 bridgehead atoms. The Hall–Kier alpha value is 0.810. The first-order valence-electron chi connectivity index (χ1n) is 0.748. The van der Waals surface area contributed by atoms with Crippen LogP contribution in [0.5, 0.6) is 0 Å². The summed E-state index contributed by atoms with van der Waals surface area (Å²) in [6.45, 7) is 0. The molecule has 0 saturated carbocycles. The van der Waals surface area contributed by atoms with Crippen LogP contribution >= 0.6 is 7.82 Å². The van der Waals surface area contributed by atoms with Gasteiger partial charge in [-0.3, -0.25) is 0 Å². The van der Waals surface area contributed by atoms with Gasteiger partial charge in [-0.05, 0) is 0 Å². The van der Waals surface area contributed by atoms with Crippen molar-refractivity contribution >= 4 is 7.82 Å². The fourth-order valence-electron chi connectivity index (χ4n) is 0. The quantitative estimate of drug-likeness (QED) is 0.361. The van der Waals surface area contributed by atoms with E-state index in [4.69, 9.17) is 19.2 Å². The van der Waals surface area contributed by atoms with Gasteiger partial charge in [0.05, 0.1) is 7.82 Å². The molecule has 0 aromatic heterocycles. The van der Waals surface area contributed by atoms with Crippen LogP contribution < -0.4 is 15.9 Å². The van der Waals surface area contributed by atoms with E-state index in [-0.39, 0.29) is 28.5 Å². The van der Waals surface area contributed by atoms with Gasteiger partial charge in [0, 0.05) is 22.4 Å². The van der Waals surface area contributed by atoms with Crippen LogP contribution in [0.4, 0.5) is 0 Å². The summed E-state index contributed by atoms with van der Waals surface area (Å²) in [5, 5.41) is 0. The van der Waals surface area contributed by atoms with Gasteiger partial charge in [-0.2, -0.15) is 0 Å². The molecular weight excluding hydrogens is 217 g/mol. The molecule has 0 fully saturated rings. The van der Waals surface area contributed by atoms with Crippen molar-refractivity contribution in [2.24, 2.45) is 0 Å². The summed E-state index contributed by atoms with van der Waals surface area (Å²) in [7, 11) is -5.14. The summed E-state index contributed by atoms with van der Waals surface area (Å²) in [4.78, 5) is 24.3. The molecule has 0 rings (SSSR count). The Morgan fingerprint density at radius 3 is 1.43 bits per heavy atom. The molecule has 4 N–H and O–H groups in total. The molecule has 0 spiro atoms. The Morgan fingerprint density at radius 1 is 1.43 bits per heavy atom. The second-order valence-electron chi connectivity index (χ2n) is 0.469. The Bertz CT molecular complexity index is 57.8. The third-order valence-electron chi connectivity index (χ3n) is 0. The maximum atomic E-state index is 8.66. The van der Waals surface area contributed by atoms with E-state index < -0.39 is 7.82 Å². The van der Waals surface area contributed by atoms with Crippen LogP contribution in [-0.4, -0.2) is 4.89 Å². The minimum atomic E-state index is -5.14. The molecule has 0 atom stereocenters. The molecule has 0 aliphatic rings. The van der Waals surface area contributed by atoms with Crippen LogP contribution in [0.25, 0.3) is 0 Å². The standard InChI is InChI=1S/Ag.H3N.H3O4P/c;;1-5(2,3)4/h;1H3;(H3,1,2,3,4)/p-2. The van der Waals surface area contributed by atoms with Crippen LogP contribution in [0.15, 0.2) is 0 Å². The van der Waals surface area contributed by atoms with Crippen molar-refractivity contribution in [3.63, 3.8) is 0 Å². The predicted octanol–water partition coefficient (Wildman–Crippen LogP) is -2.03. The molecule has 0 heterocycles. The van der Waals surface area contributed by atoms with E-state index >= 15 is 0 Å². The maximum Gasteiger partial charge on any atom is 0.0557 e. The van der Waals surface area contributed by atoms with Gasteiger partial charge in [0.25, 0.3) is 0 Å². The van der Waals surface area contributed by atoms with Gasteiger partial charge in [0.15, 0.2) is 0 Å². The van der Waals surface area contributed by atoms with Crippen molar-refractivity contribution in [2.75, 3.05) is 0 Å². The molecule has 0 amide bonds. The third-order valence-corrected chi connectivity index (χ3v) is 0. The Kier molecular flexibility index (Phi) is 11.1. The second-order valence-corrected chi connectivity index (χ2v) is 1.41. The average molecular weight is 221 g/mol. The Morgan fingerprint density at radius 2 is 1.43 bits per heavy atom. The SMILES string of the molecule is N.O=P([O-])([O-])O.[Ag]. The first-order valence-corrected chi connectivity index (χ1v) is 2.24. The van der Waals surface area contributed by atoms with Crippen LogP contribution in [0.1, 0.15) is 0 Å². The minimum absolute atomic E-state index is 0. The molecule has 51 valence electrons. The average Bonchev–Trinajstić information content (AvgIpc) is 0.722. The first kappa shape index (κ1) is 15.7. The zero-order valence-electron chi connectivity index (χ0n) is 3.13. The van der Waals surface area contributed by atoms with Gasteiger partial charge in [-0.25, -0.2) is 0 Å². The van der Waals surface area contributed by atoms with E-state index in [0.717, 1.165) is 0 Å². The first-order chi connectivity index (χ1) is 2.00. The number of hydrogen-bond donors (Lipinski definition) is 2. The fourth-order valence-corrected chi connectivity index (χ4v) is 0. The van der Waals surface area contributed by atoms with E-state index in [1.165, 1.54) is 0 Å². The van der Waals surface area contributed by atoms with Crippen molar-refractivity contribution in [1.29, 1.82) is 0 Å². The van der Waals surface area contributed by atoms with Gasteiger partial charge in [-0.15, -0.1) is 0 Å². The molecule has 0 aromatic rings. The van der Waals surface area contributed by atoms with E-state index in [0.29, 0.717) is 0 Å². The zero-order chi connectivity index (χ0) is 4.50. The van der Waals surface area contributed by atoms with Crippen molar-refractivity contribution in [3.05, 3.63) is 0 Å². The van der Waals surface area contributed by atoms with Crippen LogP contribution in [0.3, 0.4) is 0 Å². The molecule has 0 saturated heterocycles. The second kappa shape index (κ2) is 4.96. The fraction of sp³-hybridized carbons (Fsp3) is 0. The summed E-state index contributed by atoms with van der Waals surface area (Å²) in [5.74, 6) is 0.